The summed E-state index contributed by atoms with van der Waals surface area (Å²) >= 11 is 1.78. The summed E-state index contributed by atoms with van der Waals surface area (Å²) in [5.74, 6) is 1.07. The van der Waals surface area contributed by atoms with Crippen molar-refractivity contribution in [2.75, 3.05) is 5.75 Å². The van der Waals surface area contributed by atoms with Gasteiger partial charge in [0, 0.05) is 6.42 Å². The van der Waals surface area contributed by atoms with Gasteiger partial charge in [0.1, 0.15) is 5.04 Å². The molecular formula is C12H14N2S. The van der Waals surface area contributed by atoms with Crippen LogP contribution in [0, 0.1) is 6.92 Å². The van der Waals surface area contributed by atoms with Gasteiger partial charge < -0.3 is 0 Å². The standard InChI is InChI=1S/C12H14N2S/c1-3-15-12-8-11(13-14-12)10-6-4-9(2)5-7-10/h4-7H,3,8H2,1-2H3. The first kappa shape index (κ1) is 10.4. The van der Waals surface area contributed by atoms with Crippen LogP contribution in [0.15, 0.2) is 34.5 Å². The minimum atomic E-state index is 0.890. The zero-order valence-corrected chi connectivity index (χ0v) is 9.84. The minimum absolute atomic E-state index is 0.890. The van der Waals surface area contributed by atoms with Crippen LogP contribution in [0.5, 0.6) is 0 Å². The normalized spacial score (nSPS) is 15.1. The zero-order chi connectivity index (χ0) is 10.7. The molecule has 2 rings (SSSR count). The van der Waals surface area contributed by atoms with Crippen LogP contribution in [0.1, 0.15) is 24.5 Å². The van der Waals surface area contributed by atoms with Crippen molar-refractivity contribution in [3.8, 4) is 0 Å². The van der Waals surface area contributed by atoms with Gasteiger partial charge in [0.25, 0.3) is 0 Å². The lowest BCUT2D eigenvalue weighted by Gasteiger charge is -2.00. The average molecular weight is 218 g/mol. The second-order valence-electron chi connectivity index (χ2n) is 3.52. The van der Waals surface area contributed by atoms with Gasteiger partial charge >= 0.3 is 0 Å². The highest BCUT2D eigenvalue weighted by Gasteiger charge is 2.13. The minimum Gasteiger partial charge on any atom is -0.154 e. The fraction of sp³-hybridized carbons (Fsp3) is 0.333. The number of hydrogen-bond donors (Lipinski definition) is 0. The Morgan fingerprint density at radius 2 is 1.93 bits per heavy atom. The van der Waals surface area contributed by atoms with Crippen molar-refractivity contribution < 1.29 is 0 Å². The first-order chi connectivity index (χ1) is 7.29. The molecule has 1 aromatic rings. The third kappa shape index (κ3) is 2.48. The Balaban J connectivity index is 2.07. The molecule has 0 amide bonds. The van der Waals surface area contributed by atoms with Gasteiger partial charge in [-0.25, -0.2) is 0 Å². The molecule has 0 saturated heterocycles. The van der Waals surface area contributed by atoms with Crippen LogP contribution >= 0.6 is 11.8 Å². The summed E-state index contributed by atoms with van der Waals surface area (Å²) in [4.78, 5) is 0. The molecule has 0 aliphatic carbocycles. The molecule has 78 valence electrons. The molecular weight excluding hydrogens is 204 g/mol. The molecule has 0 saturated carbocycles. The largest absolute Gasteiger partial charge is 0.154 e. The van der Waals surface area contributed by atoms with E-state index in [-0.39, 0.29) is 0 Å². The van der Waals surface area contributed by atoms with Gasteiger partial charge in [0.05, 0.1) is 5.71 Å². The Kier molecular flexibility index (Phi) is 3.21. The molecule has 0 bridgehead atoms. The Labute approximate surface area is 94.5 Å². The SMILES string of the molecule is CCSC1=NN=C(c2ccc(C)cc2)C1. The molecule has 1 heterocycles. The van der Waals surface area contributed by atoms with E-state index < -0.39 is 0 Å². The number of rotatable bonds is 2. The fourth-order valence-electron chi connectivity index (χ4n) is 1.48. The molecule has 0 unspecified atom stereocenters. The summed E-state index contributed by atoms with van der Waals surface area (Å²) in [5.41, 5.74) is 3.56. The van der Waals surface area contributed by atoms with Crippen molar-refractivity contribution in [1.82, 2.24) is 0 Å². The molecule has 0 atom stereocenters. The highest BCUT2D eigenvalue weighted by atomic mass is 32.2. The highest BCUT2D eigenvalue weighted by Crippen LogP contribution is 2.18. The van der Waals surface area contributed by atoms with E-state index in [0.717, 1.165) is 22.9 Å². The van der Waals surface area contributed by atoms with Crippen LogP contribution in [-0.2, 0) is 0 Å². The molecule has 0 N–H and O–H groups in total. The number of nitrogens with zero attached hydrogens (tertiary/aromatic N) is 2. The van der Waals surface area contributed by atoms with E-state index in [1.165, 1.54) is 11.1 Å². The van der Waals surface area contributed by atoms with E-state index in [1.807, 2.05) is 0 Å². The van der Waals surface area contributed by atoms with Gasteiger partial charge in [-0.3, -0.25) is 0 Å². The zero-order valence-electron chi connectivity index (χ0n) is 9.03. The second-order valence-corrected chi connectivity index (χ2v) is 4.85. The summed E-state index contributed by atoms with van der Waals surface area (Å²) in [6.45, 7) is 4.23. The monoisotopic (exact) mass is 218 g/mol. The molecule has 0 fully saturated rings. The number of hydrogen-bond acceptors (Lipinski definition) is 3. The number of thioether (sulfide) groups is 1. The van der Waals surface area contributed by atoms with Crippen molar-refractivity contribution in [2.24, 2.45) is 10.2 Å². The maximum atomic E-state index is 4.22. The van der Waals surface area contributed by atoms with E-state index in [9.17, 15) is 0 Å². The predicted molar refractivity (Wildman–Crippen MR) is 67.9 cm³/mol. The maximum Gasteiger partial charge on any atom is 0.102 e. The molecule has 0 aromatic heterocycles. The van der Waals surface area contributed by atoms with Crippen molar-refractivity contribution in [2.45, 2.75) is 20.3 Å². The molecule has 1 aromatic carbocycles. The van der Waals surface area contributed by atoms with Crippen molar-refractivity contribution >= 4 is 22.5 Å². The lowest BCUT2D eigenvalue weighted by molar-refractivity contribution is 1.27. The number of benzene rings is 1. The van der Waals surface area contributed by atoms with E-state index in [2.05, 4.69) is 48.3 Å². The third-order valence-electron chi connectivity index (χ3n) is 2.30. The van der Waals surface area contributed by atoms with E-state index in [4.69, 9.17) is 0 Å². The lowest BCUT2D eigenvalue weighted by Crippen LogP contribution is -2.01. The van der Waals surface area contributed by atoms with E-state index >= 15 is 0 Å². The maximum absolute atomic E-state index is 4.22. The van der Waals surface area contributed by atoms with Gasteiger partial charge in [0.2, 0.25) is 0 Å². The average Bonchev–Trinajstić information content (AvgIpc) is 2.68. The quantitative estimate of drug-likeness (QED) is 0.747. The second kappa shape index (κ2) is 4.62. The lowest BCUT2D eigenvalue weighted by atomic mass is 10.1. The van der Waals surface area contributed by atoms with Gasteiger partial charge in [-0.15, -0.1) is 16.9 Å². The Morgan fingerprint density at radius 1 is 1.20 bits per heavy atom. The van der Waals surface area contributed by atoms with Gasteiger partial charge in [-0.2, -0.15) is 5.10 Å². The molecule has 15 heavy (non-hydrogen) atoms. The summed E-state index contributed by atoms with van der Waals surface area (Å²) in [6.07, 6.45) is 0.890. The first-order valence-corrected chi connectivity index (χ1v) is 6.11. The summed E-state index contributed by atoms with van der Waals surface area (Å²) < 4.78 is 0. The van der Waals surface area contributed by atoms with Crippen molar-refractivity contribution in [3.05, 3.63) is 35.4 Å². The summed E-state index contributed by atoms with van der Waals surface area (Å²) in [5, 5.41) is 9.53. The van der Waals surface area contributed by atoms with Gasteiger partial charge in [0.15, 0.2) is 0 Å². The van der Waals surface area contributed by atoms with Crippen LogP contribution in [0.4, 0.5) is 0 Å². The fourth-order valence-corrected chi connectivity index (χ4v) is 2.15. The smallest absolute Gasteiger partial charge is 0.102 e. The molecule has 3 heteroatoms. The Hall–Kier alpha value is -1.09. The first-order valence-electron chi connectivity index (χ1n) is 5.13. The van der Waals surface area contributed by atoms with E-state index in [0.29, 0.717) is 0 Å². The van der Waals surface area contributed by atoms with E-state index in [1.54, 1.807) is 11.8 Å². The van der Waals surface area contributed by atoms with Crippen LogP contribution in [-0.4, -0.2) is 16.5 Å². The molecule has 0 radical (unpaired) electrons. The van der Waals surface area contributed by atoms with Gasteiger partial charge in [-0.05, 0) is 18.2 Å². The summed E-state index contributed by atoms with van der Waals surface area (Å²) in [6, 6.07) is 8.46. The topological polar surface area (TPSA) is 24.7 Å². The van der Waals surface area contributed by atoms with Crippen molar-refractivity contribution in [1.29, 1.82) is 0 Å². The predicted octanol–water partition coefficient (Wildman–Crippen LogP) is 3.25. The Morgan fingerprint density at radius 3 is 2.60 bits per heavy atom. The molecule has 0 spiro atoms. The van der Waals surface area contributed by atoms with Gasteiger partial charge in [-0.1, -0.05) is 36.8 Å². The summed E-state index contributed by atoms with van der Waals surface area (Å²) in [7, 11) is 0. The molecule has 1 aliphatic rings. The number of aryl methyl sites for hydroxylation is 1. The van der Waals surface area contributed by atoms with Crippen molar-refractivity contribution in [3.63, 3.8) is 0 Å². The highest BCUT2D eigenvalue weighted by molar-refractivity contribution is 8.14. The van der Waals surface area contributed by atoms with Crippen LogP contribution < -0.4 is 0 Å². The third-order valence-corrected chi connectivity index (χ3v) is 3.14. The van der Waals surface area contributed by atoms with Crippen LogP contribution in [0.2, 0.25) is 0 Å². The van der Waals surface area contributed by atoms with Crippen LogP contribution in [0.25, 0.3) is 0 Å². The van der Waals surface area contributed by atoms with Crippen LogP contribution in [0.3, 0.4) is 0 Å². The molecule has 1 aliphatic heterocycles. The molecule has 2 nitrogen and oxygen atoms in total. The Bertz CT molecular complexity index is 404.